The highest BCUT2D eigenvalue weighted by molar-refractivity contribution is 7.99. The molecule has 13 heteroatoms. The van der Waals surface area contributed by atoms with Crippen molar-refractivity contribution in [1.82, 2.24) is 30.3 Å². The highest BCUT2D eigenvalue weighted by Gasteiger charge is 2.39. The molecule has 4 aliphatic heterocycles. The maximum atomic E-state index is 13.3. The van der Waals surface area contributed by atoms with Crippen LogP contribution < -0.4 is 15.5 Å². The van der Waals surface area contributed by atoms with Crippen molar-refractivity contribution in [3.63, 3.8) is 0 Å². The summed E-state index contributed by atoms with van der Waals surface area (Å²) in [5.74, 6) is 0.943. The molecule has 62 heavy (non-hydrogen) atoms. The number of amides is 5. The summed E-state index contributed by atoms with van der Waals surface area (Å²) in [6.45, 7) is 7.98. The van der Waals surface area contributed by atoms with Crippen molar-refractivity contribution in [2.45, 2.75) is 101 Å². The Kier molecular flexibility index (Phi) is 16.6. The number of rotatable bonds is 20. The van der Waals surface area contributed by atoms with Gasteiger partial charge in [-0.2, -0.15) is 0 Å². The van der Waals surface area contributed by atoms with Crippen LogP contribution >= 0.6 is 11.8 Å². The minimum Gasteiger partial charge on any atom is -0.369 e. The van der Waals surface area contributed by atoms with Crippen molar-refractivity contribution >= 4 is 53.1 Å². The third kappa shape index (κ3) is 12.6. The number of carbonyl (C=O) groups excluding carboxylic acids is 5. The second kappa shape index (κ2) is 22.9. The van der Waals surface area contributed by atoms with E-state index >= 15 is 0 Å². The molecular weight excluding hydrogens is 799 g/mol. The van der Waals surface area contributed by atoms with Gasteiger partial charge in [-0.15, -0.1) is 11.8 Å². The first-order chi connectivity index (χ1) is 30.3. The van der Waals surface area contributed by atoms with Gasteiger partial charge < -0.3 is 20.0 Å². The lowest BCUT2D eigenvalue weighted by atomic mass is 9.91. The number of fused-ring (bicyclic) bond motifs is 1. The highest BCUT2D eigenvalue weighted by atomic mass is 32.2. The summed E-state index contributed by atoms with van der Waals surface area (Å²) in [6, 6.07) is 17.3. The third-order valence-electron chi connectivity index (χ3n) is 12.9. The fraction of sp³-hybridized carbons (Fsp3) is 0.510. The van der Waals surface area contributed by atoms with Gasteiger partial charge in [0.15, 0.2) is 0 Å². The molecule has 3 saturated heterocycles. The Balaban J connectivity index is 0.700. The van der Waals surface area contributed by atoms with Crippen LogP contribution in [0.2, 0.25) is 0 Å². The van der Waals surface area contributed by atoms with Crippen molar-refractivity contribution < 1.29 is 24.0 Å². The Morgan fingerprint density at radius 1 is 0.823 bits per heavy atom. The molecule has 0 aliphatic carbocycles. The summed E-state index contributed by atoms with van der Waals surface area (Å²) in [5, 5.41) is 5.35. The summed E-state index contributed by atoms with van der Waals surface area (Å²) in [6.07, 6.45) is 19.9. The molecule has 2 aromatic carbocycles. The number of aromatic nitrogens is 1. The van der Waals surface area contributed by atoms with E-state index in [4.69, 9.17) is 0 Å². The van der Waals surface area contributed by atoms with E-state index in [1.165, 1.54) is 37.8 Å². The maximum Gasteiger partial charge on any atom is 0.255 e. The number of hydrogen-bond acceptors (Lipinski definition) is 9. The number of hydrogen-bond donors (Lipinski definition) is 2. The van der Waals surface area contributed by atoms with Gasteiger partial charge in [0.2, 0.25) is 17.7 Å². The topological polar surface area (TPSA) is 135 Å². The molecule has 0 spiro atoms. The first kappa shape index (κ1) is 45.0. The summed E-state index contributed by atoms with van der Waals surface area (Å²) in [4.78, 5) is 76.4. The zero-order chi connectivity index (χ0) is 43.1. The summed E-state index contributed by atoms with van der Waals surface area (Å²) >= 11 is 1.80. The molecule has 12 nitrogen and oxygen atoms in total. The van der Waals surface area contributed by atoms with Crippen LogP contribution in [-0.4, -0.2) is 113 Å². The summed E-state index contributed by atoms with van der Waals surface area (Å²) < 4.78 is 0. The molecule has 0 radical (unpaired) electrons. The van der Waals surface area contributed by atoms with Crippen molar-refractivity contribution in [2.75, 3.05) is 63.0 Å². The average Bonchev–Trinajstić information content (AvgIpc) is 3.64. The maximum absolute atomic E-state index is 13.3. The van der Waals surface area contributed by atoms with Crippen LogP contribution in [0.3, 0.4) is 0 Å². The summed E-state index contributed by atoms with van der Waals surface area (Å²) in [5.41, 5.74) is 4.57. The van der Waals surface area contributed by atoms with Gasteiger partial charge >= 0.3 is 0 Å². The van der Waals surface area contributed by atoms with E-state index < -0.39 is 6.04 Å². The Hall–Kier alpha value is -5.01. The molecular formula is C49H63N7O5S. The van der Waals surface area contributed by atoms with E-state index in [0.717, 1.165) is 112 Å². The highest BCUT2D eigenvalue weighted by Crippen LogP contribution is 2.35. The number of likely N-dealkylation sites (tertiary alicyclic amines) is 1. The normalized spacial score (nSPS) is 18.7. The van der Waals surface area contributed by atoms with Gasteiger partial charge in [0.05, 0.1) is 0 Å². The number of nitrogens with zero attached hydrogens (tertiary/aromatic N) is 5. The second-order valence-electron chi connectivity index (χ2n) is 17.2. The minimum atomic E-state index is -0.580. The average molecular weight is 862 g/mol. The lowest BCUT2D eigenvalue weighted by molar-refractivity contribution is -0.137. The molecule has 0 bridgehead atoms. The predicted molar refractivity (Wildman–Crippen MR) is 245 cm³/mol. The van der Waals surface area contributed by atoms with Crippen LogP contribution in [0.4, 0.5) is 5.69 Å². The number of carbonyl (C=O) groups is 5. The van der Waals surface area contributed by atoms with Crippen LogP contribution in [0.25, 0.3) is 6.08 Å². The number of anilines is 1. The molecule has 2 N–H and O–H groups in total. The lowest BCUT2D eigenvalue weighted by Crippen LogP contribution is -2.52. The van der Waals surface area contributed by atoms with E-state index in [-0.39, 0.29) is 36.0 Å². The van der Waals surface area contributed by atoms with E-state index in [1.807, 2.05) is 41.3 Å². The molecule has 5 heterocycles. The number of pyridine rings is 1. The van der Waals surface area contributed by atoms with Crippen molar-refractivity contribution in [3.05, 3.63) is 95.3 Å². The van der Waals surface area contributed by atoms with Gasteiger partial charge in [0.1, 0.15) is 6.04 Å². The van der Waals surface area contributed by atoms with E-state index in [9.17, 15) is 24.0 Å². The summed E-state index contributed by atoms with van der Waals surface area (Å²) in [7, 11) is 0. The second-order valence-corrected chi connectivity index (χ2v) is 18.3. The van der Waals surface area contributed by atoms with Gasteiger partial charge in [-0.05, 0) is 116 Å². The molecule has 5 amide bonds. The Bertz CT molecular complexity index is 2010. The zero-order valence-electron chi connectivity index (χ0n) is 36.1. The number of unbranched alkanes of at least 4 members (excludes halogenated alkanes) is 6. The standard InChI is InChI=1S/C49H63N7O5S/c57-45(21-15-38-12-10-25-50-35-38)51-26-6-5-11-37-23-28-55(29-24-37)48(60)39-16-18-40(19-17-39)54-32-30-53(31-33-54)27-7-3-1-2-4-8-34-62-44-14-9-13-41-42(44)36-56(49(41)61)43-20-22-46(58)52-47(43)59/h9-10,12-19,21,25,35,37,43H,1-8,11,20,22-24,26-34,36H2,(H,51,57)(H,52,58,59)/b21-15+. The Labute approximate surface area is 371 Å². The minimum absolute atomic E-state index is 0.0787. The van der Waals surface area contributed by atoms with Gasteiger partial charge in [-0.25, -0.2) is 0 Å². The number of nitrogens with one attached hydrogen (secondary N) is 2. The van der Waals surface area contributed by atoms with Gasteiger partial charge in [0, 0.05) is 99.0 Å². The number of piperazine rings is 1. The number of imide groups is 1. The largest absolute Gasteiger partial charge is 0.369 e. The fourth-order valence-corrected chi connectivity index (χ4v) is 10.2. The van der Waals surface area contributed by atoms with Crippen molar-refractivity contribution in [3.8, 4) is 0 Å². The smallest absolute Gasteiger partial charge is 0.255 e. The molecule has 4 aliphatic rings. The lowest BCUT2D eigenvalue weighted by Gasteiger charge is -2.36. The molecule has 1 atom stereocenters. The molecule has 3 aromatic rings. The molecule has 7 rings (SSSR count). The van der Waals surface area contributed by atoms with Gasteiger partial charge in [0.25, 0.3) is 11.8 Å². The van der Waals surface area contributed by atoms with Crippen molar-refractivity contribution in [2.24, 2.45) is 5.92 Å². The fourth-order valence-electron chi connectivity index (χ4n) is 9.15. The molecule has 1 aromatic heterocycles. The molecule has 0 saturated carbocycles. The number of benzene rings is 2. The molecule has 330 valence electrons. The van der Waals surface area contributed by atoms with Crippen molar-refractivity contribution in [1.29, 1.82) is 0 Å². The van der Waals surface area contributed by atoms with Crippen LogP contribution in [0.5, 0.6) is 0 Å². The molecule has 1 unspecified atom stereocenters. The Morgan fingerprint density at radius 3 is 2.35 bits per heavy atom. The SMILES string of the molecule is O=C(/C=C/c1cccnc1)NCCCCC1CCN(C(=O)c2ccc(N3CCN(CCCCCCCCSc4cccc5c4CN(C4CCC(=O)NC4=O)C5=O)CC3)cc2)CC1. The number of thioether (sulfide) groups is 1. The molecule has 3 fully saturated rings. The zero-order valence-corrected chi connectivity index (χ0v) is 36.9. The monoisotopic (exact) mass is 861 g/mol. The Morgan fingerprint density at radius 2 is 1.60 bits per heavy atom. The van der Waals surface area contributed by atoms with E-state index in [1.54, 1.807) is 41.2 Å². The number of piperidine rings is 2. The van der Waals surface area contributed by atoms with E-state index in [0.29, 0.717) is 31.0 Å². The predicted octanol–water partition coefficient (Wildman–Crippen LogP) is 6.95. The third-order valence-corrected chi connectivity index (χ3v) is 14.1. The van der Waals surface area contributed by atoms with Gasteiger partial charge in [-0.1, -0.05) is 50.7 Å². The van der Waals surface area contributed by atoms with Gasteiger partial charge in [-0.3, -0.25) is 39.2 Å². The van der Waals surface area contributed by atoms with Crippen LogP contribution in [0.15, 0.2) is 78.0 Å². The van der Waals surface area contributed by atoms with Crippen LogP contribution in [0.1, 0.15) is 115 Å². The van der Waals surface area contributed by atoms with E-state index in [2.05, 4.69) is 43.6 Å². The first-order valence-electron chi connectivity index (χ1n) is 22.9. The van der Waals surface area contributed by atoms with Crippen LogP contribution in [0, 0.1) is 5.92 Å². The quantitative estimate of drug-likeness (QED) is 0.0536. The van der Waals surface area contributed by atoms with Crippen LogP contribution in [-0.2, 0) is 20.9 Å². The first-order valence-corrected chi connectivity index (χ1v) is 23.9.